The van der Waals surface area contributed by atoms with E-state index in [2.05, 4.69) is 15.1 Å². The van der Waals surface area contributed by atoms with Crippen molar-refractivity contribution in [2.75, 3.05) is 44.2 Å². The van der Waals surface area contributed by atoms with Gasteiger partial charge in [0.2, 0.25) is 5.91 Å². The fourth-order valence-electron chi connectivity index (χ4n) is 3.55. The van der Waals surface area contributed by atoms with Crippen molar-refractivity contribution >= 4 is 30.0 Å². The van der Waals surface area contributed by atoms with E-state index in [9.17, 15) is 14.0 Å². The summed E-state index contributed by atoms with van der Waals surface area (Å²) in [5, 5.41) is 2.87. The Morgan fingerprint density at radius 1 is 1.04 bits per heavy atom. The van der Waals surface area contributed by atoms with Crippen LogP contribution in [0.25, 0.3) is 0 Å². The van der Waals surface area contributed by atoms with E-state index < -0.39 is 5.54 Å². The highest BCUT2D eigenvalue weighted by molar-refractivity contribution is 5.97. The van der Waals surface area contributed by atoms with Crippen molar-refractivity contribution in [3.8, 4) is 0 Å². The smallest absolute Gasteiger partial charge is 0.324 e. The molecular formula is C19H30ClFN4O3. The van der Waals surface area contributed by atoms with Crippen LogP contribution >= 0.6 is 12.4 Å². The molecule has 9 heteroatoms. The molecule has 0 saturated carbocycles. The van der Waals surface area contributed by atoms with Crippen molar-refractivity contribution in [2.45, 2.75) is 32.2 Å². The lowest BCUT2D eigenvalue weighted by atomic mass is 9.98. The van der Waals surface area contributed by atoms with Crippen LogP contribution in [0.5, 0.6) is 0 Å². The largest absolute Gasteiger partial charge is 0.412 e. The maximum absolute atomic E-state index is 13.0. The van der Waals surface area contributed by atoms with Gasteiger partial charge in [-0.05, 0) is 51.1 Å². The molecule has 0 aliphatic carbocycles. The van der Waals surface area contributed by atoms with Gasteiger partial charge >= 0.3 is 6.03 Å². The van der Waals surface area contributed by atoms with E-state index in [1.54, 1.807) is 0 Å². The van der Waals surface area contributed by atoms with E-state index in [0.29, 0.717) is 13.0 Å². The van der Waals surface area contributed by atoms with Crippen LogP contribution in [-0.4, -0.2) is 72.0 Å². The Kier molecular flexibility index (Phi) is 8.66. The lowest BCUT2D eigenvalue weighted by Crippen LogP contribution is -2.59. The van der Waals surface area contributed by atoms with Gasteiger partial charge < -0.3 is 15.7 Å². The van der Waals surface area contributed by atoms with Crippen molar-refractivity contribution in [1.29, 1.82) is 0 Å². The van der Waals surface area contributed by atoms with Crippen LogP contribution in [0.4, 0.5) is 14.9 Å². The zero-order valence-corrected chi connectivity index (χ0v) is 17.2. The summed E-state index contributed by atoms with van der Waals surface area (Å²) in [6, 6.07) is 6.32. The van der Waals surface area contributed by atoms with E-state index in [-0.39, 0.29) is 35.6 Å². The molecule has 2 heterocycles. The van der Waals surface area contributed by atoms with Crippen LogP contribution in [0.1, 0.15) is 26.7 Å². The van der Waals surface area contributed by atoms with Crippen LogP contribution in [0.15, 0.2) is 24.3 Å². The van der Waals surface area contributed by atoms with E-state index in [1.165, 1.54) is 17.0 Å². The molecule has 2 aliphatic heterocycles. The van der Waals surface area contributed by atoms with E-state index in [0.717, 1.165) is 44.8 Å². The third kappa shape index (κ3) is 6.05. The summed E-state index contributed by atoms with van der Waals surface area (Å²) in [6.07, 6.45) is 1.12. The fourth-order valence-corrected chi connectivity index (χ4v) is 3.55. The quantitative estimate of drug-likeness (QED) is 0.790. The first-order valence-electron chi connectivity index (χ1n) is 9.19. The molecule has 0 bridgehead atoms. The van der Waals surface area contributed by atoms with Gasteiger partial charge in [0.25, 0.3) is 0 Å². The highest BCUT2D eigenvalue weighted by Gasteiger charge is 2.36. The maximum atomic E-state index is 13.0. The molecule has 0 unspecified atom stereocenters. The van der Waals surface area contributed by atoms with E-state index in [1.807, 2.05) is 26.0 Å². The number of nitrogens with one attached hydrogen (secondary N) is 1. The Bertz CT molecular complexity index is 644. The minimum Gasteiger partial charge on any atom is -0.412 e. The molecule has 0 aromatic heterocycles. The Labute approximate surface area is 171 Å². The maximum Gasteiger partial charge on any atom is 0.324 e. The number of halogens is 2. The fraction of sp³-hybridized carbons (Fsp3) is 0.579. The summed E-state index contributed by atoms with van der Waals surface area (Å²) in [6.45, 7) is 8.67. The number of imide groups is 1. The number of hydrogen-bond donors (Lipinski definition) is 1. The number of carbonyl (C=O) groups is 2. The molecule has 28 heavy (non-hydrogen) atoms. The predicted molar refractivity (Wildman–Crippen MR) is 109 cm³/mol. The number of carbonyl (C=O) groups excluding carboxylic acids is 2. The average Bonchev–Trinajstić information content (AvgIpc) is 2.58. The van der Waals surface area contributed by atoms with Crippen molar-refractivity contribution in [3.05, 3.63) is 30.1 Å². The second-order valence-electron chi connectivity index (χ2n) is 7.69. The SMILES string of the molecule is CC1(C)CC(=O)N(CCCN2CCN(c3ccc(F)cc3)CC2)C(=O)N1.Cl.O. The normalized spacial score (nSPS) is 19.5. The van der Waals surface area contributed by atoms with Crippen LogP contribution in [0.3, 0.4) is 0 Å². The summed E-state index contributed by atoms with van der Waals surface area (Å²) in [4.78, 5) is 30.1. The lowest BCUT2D eigenvalue weighted by Gasteiger charge is -2.38. The first-order chi connectivity index (χ1) is 12.3. The van der Waals surface area contributed by atoms with Gasteiger partial charge in [-0.2, -0.15) is 0 Å². The van der Waals surface area contributed by atoms with Crippen LogP contribution in [-0.2, 0) is 4.79 Å². The van der Waals surface area contributed by atoms with E-state index in [4.69, 9.17) is 0 Å². The number of rotatable bonds is 5. The predicted octanol–water partition coefficient (Wildman–Crippen LogP) is 1.66. The highest BCUT2D eigenvalue weighted by Crippen LogP contribution is 2.19. The number of amides is 3. The monoisotopic (exact) mass is 416 g/mol. The summed E-state index contributed by atoms with van der Waals surface area (Å²) in [7, 11) is 0. The Morgan fingerprint density at radius 3 is 2.21 bits per heavy atom. The Balaban J connectivity index is 0.00000196. The average molecular weight is 417 g/mol. The zero-order valence-electron chi connectivity index (χ0n) is 16.4. The van der Waals surface area contributed by atoms with Crippen molar-refractivity contribution in [2.24, 2.45) is 0 Å². The molecule has 2 saturated heterocycles. The van der Waals surface area contributed by atoms with Crippen LogP contribution < -0.4 is 10.2 Å². The molecule has 158 valence electrons. The van der Waals surface area contributed by atoms with Gasteiger partial charge in [-0.15, -0.1) is 12.4 Å². The Hall–Kier alpha value is -1.90. The lowest BCUT2D eigenvalue weighted by molar-refractivity contribution is -0.131. The minimum absolute atomic E-state index is 0. The summed E-state index contributed by atoms with van der Waals surface area (Å²) in [5.74, 6) is -0.313. The topological polar surface area (TPSA) is 87.4 Å². The molecule has 3 amide bonds. The van der Waals surface area contributed by atoms with Gasteiger partial charge in [0.15, 0.2) is 0 Å². The first-order valence-corrected chi connectivity index (χ1v) is 9.19. The molecule has 3 N–H and O–H groups in total. The summed E-state index contributed by atoms with van der Waals surface area (Å²) >= 11 is 0. The van der Waals surface area contributed by atoms with Gasteiger partial charge in [0.05, 0.1) is 0 Å². The number of urea groups is 1. The second kappa shape index (κ2) is 10.0. The summed E-state index contributed by atoms with van der Waals surface area (Å²) in [5.41, 5.74) is 0.589. The van der Waals surface area contributed by atoms with Crippen LogP contribution in [0, 0.1) is 5.82 Å². The van der Waals surface area contributed by atoms with Crippen molar-refractivity contribution in [1.82, 2.24) is 15.1 Å². The molecule has 2 fully saturated rings. The van der Waals surface area contributed by atoms with Gasteiger partial charge in [-0.25, -0.2) is 9.18 Å². The van der Waals surface area contributed by atoms with E-state index >= 15 is 0 Å². The summed E-state index contributed by atoms with van der Waals surface area (Å²) < 4.78 is 13.0. The molecular weight excluding hydrogens is 387 g/mol. The number of hydrogen-bond acceptors (Lipinski definition) is 4. The van der Waals surface area contributed by atoms with Crippen LogP contribution in [0.2, 0.25) is 0 Å². The molecule has 3 rings (SSSR count). The molecule has 1 aromatic carbocycles. The molecule has 0 atom stereocenters. The van der Waals surface area contributed by atoms with Crippen molar-refractivity contribution in [3.63, 3.8) is 0 Å². The highest BCUT2D eigenvalue weighted by atomic mass is 35.5. The number of benzene rings is 1. The third-order valence-corrected chi connectivity index (χ3v) is 5.00. The minimum atomic E-state index is -0.457. The standard InChI is InChI=1S/C19H27FN4O2.ClH.H2O/c1-19(2)14-17(25)24(18(26)21-19)9-3-8-22-10-12-23(13-11-22)16-6-4-15(20)5-7-16;;/h4-7H,3,8-14H2,1-2H3,(H,21,26);1H;1H2. The number of anilines is 1. The molecule has 1 aromatic rings. The molecule has 0 spiro atoms. The van der Waals surface area contributed by atoms with Gasteiger partial charge in [0, 0.05) is 50.4 Å². The number of nitrogens with zero attached hydrogens (tertiary/aromatic N) is 3. The first kappa shape index (κ1) is 24.1. The third-order valence-electron chi connectivity index (χ3n) is 5.00. The zero-order chi connectivity index (χ0) is 18.7. The molecule has 0 radical (unpaired) electrons. The van der Waals surface area contributed by atoms with Gasteiger partial charge in [-0.3, -0.25) is 14.6 Å². The van der Waals surface area contributed by atoms with Gasteiger partial charge in [-0.1, -0.05) is 0 Å². The number of piperazine rings is 1. The Morgan fingerprint density at radius 2 is 1.64 bits per heavy atom. The second-order valence-corrected chi connectivity index (χ2v) is 7.69. The molecule has 2 aliphatic rings. The van der Waals surface area contributed by atoms with Gasteiger partial charge in [0.1, 0.15) is 5.82 Å². The molecule has 7 nitrogen and oxygen atoms in total. The van der Waals surface area contributed by atoms with Crippen molar-refractivity contribution < 1.29 is 19.5 Å².